The Bertz CT molecular complexity index is 234. The lowest BCUT2D eigenvalue weighted by Gasteiger charge is -2.18. The van der Waals surface area contributed by atoms with Gasteiger partial charge in [-0.25, -0.2) is 0 Å². The molecule has 0 saturated heterocycles. The molecule has 0 saturated carbocycles. The molecular formula is C6H6N2OS. The lowest BCUT2D eigenvalue weighted by Crippen LogP contribution is -2.27. The first-order valence-corrected chi connectivity index (χ1v) is 3.96. The van der Waals surface area contributed by atoms with E-state index in [9.17, 15) is 4.79 Å². The standard InChI is InChI=1S/C6H6N2OS/c9-5-1-2-8-3-4-10-6(8)7-5/h3-4H,1-2H2. The van der Waals surface area contributed by atoms with Gasteiger partial charge in [0, 0.05) is 19.2 Å². The van der Waals surface area contributed by atoms with E-state index in [1.165, 1.54) is 11.8 Å². The number of amidine groups is 1. The normalized spacial score (nSPS) is 23.0. The molecule has 2 aliphatic rings. The zero-order valence-electron chi connectivity index (χ0n) is 5.28. The van der Waals surface area contributed by atoms with Crippen LogP contribution in [0.2, 0.25) is 0 Å². The number of carbonyl (C=O) groups excluding carboxylic acids is 1. The molecule has 4 heteroatoms. The van der Waals surface area contributed by atoms with Crippen molar-refractivity contribution >= 4 is 22.8 Å². The predicted octanol–water partition coefficient (Wildman–Crippen LogP) is 0.793. The van der Waals surface area contributed by atoms with Crippen molar-refractivity contribution in [3.8, 4) is 0 Å². The average Bonchev–Trinajstić information content (AvgIpc) is 2.33. The van der Waals surface area contributed by atoms with Crippen LogP contribution in [0.5, 0.6) is 0 Å². The minimum absolute atomic E-state index is 0.00227. The first-order valence-electron chi connectivity index (χ1n) is 3.08. The van der Waals surface area contributed by atoms with Crippen LogP contribution in [0.15, 0.2) is 16.6 Å². The van der Waals surface area contributed by atoms with E-state index in [0.29, 0.717) is 6.42 Å². The molecule has 2 rings (SSSR count). The lowest BCUT2D eigenvalue weighted by atomic mass is 10.3. The van der Waals surface area contributed by atoms with Crippen molar-refractivity contribution < 1.29 is 4.79 Å². The molecule has 0 aromatic rings. The number of amides is 1. The zero-order chi connectivity index (χ0) is 6.97. The van der Waals surface area contributed by atoms with Gasteiger partial charge in [0.15, 0.2) is 5.17 Å². The summed E-state index contributed by atoms with van der Waals surface area (Å²) in [6, 6.07) is 0. The van der Waals surface area contributed by atoms with Gasteiger partial charge >= 0.3 is 0 Å². The van der Waals surface area contributed by atoms with Gasteiger partial charge in [0.25, 0.3) is 0 Å². The molecule has 0 atom stereocenters. The SMILES string of the molecule is O=C1CCN2C=CSC2=N1. The second-order valence-corrected chi connectivity index (χ2v) is 3.01. The minimum Gasteiger partial charge on any atom is -0.326 e. The lowest BCUT2D eigenvalue weighted by molar-refractivity contribution is -0.118. The van der Waals surface area contributed by atoms with Crippen LogP contribution in [0.25, 0.3) is 0 Å². The van der Waals surface area contributed by atoms with Crippen LogP contribution in [0.1, 0.15) is 6.42 Å². The summed E-state index contributed by atoms with van der Waals surface area (Å²) in [5.74, 6) is 0.00227. The largest absolute Gasteiger partial charge is 0.326 e. The van der Waals surface area contributed by atoms with Crippen LogP contribution in [-0.2, 0) is 4.79 Å². The number of hydrogen-bond donors (Lipinski definition) is 0. The molecule has 2 heterocycles. The third-order valence-electron chi connectivity index (χ3n) is 1.45. The highest BCUT2D eigenvalue weighted by atomic mass is 32.2. The van der Waals surface area contributed by atoms with E-state index in [-0.39, 0.29) is 5.91 Å². The Morgan fingerprint density at radius 1 is 1.70 bits per heavy atom. The van der Waals surface area contributed by atoms with Gasteiger partial charge in [-0.05, 0) is 5.41 Å². The summed E-state index contributed by atoms with van der Waals surface area (Å²) >= 11 is 1.50. The summed E-state index contributed by atoms with van der Waals surface area (Å²) in [4.78, 5) is 16.6. The van der Waals surface area contributed by atoms with Gasteiger partial charge < -0.3 is 4.90 Å². The molecule has 52 valence electrons. The number of hydrogen-bond acceptors (Lipinski definition) is 3. The number of fused-ring (bicyclic) bond motifs is 1. The second-order valence-electron chi connectivity index (χ2n) is 2.13. The number of nitrogens with zero attached hydrogens (tertiary/aromatic N) is 2. The maximum atomic E-state index is 10.8. The molecule has 0 unspecified atom stereocenters. The molecule has 0 radical (unpaired) electrons. The molecule has 0 aliphatic carbocycles. The van der Waals surface area contributed by atoms with Gasteiger partial charge in [-0.1, -0.05) is 11.8 Å². The Kier molecular flexibility index (Phi) is 1.27. The summed E-state index contributed by atoms with van der Waals surface area (Å²) in [5, 5.41) is 2.77. The van der Waals surface area contributed by atoms with Gasteiger partial charge in [-0.15, -0.1) is 0 Å². The van der Waals surface area contributed by atoms with Crippen molar-refractivity contribution in [2.75, 3.05) is 6.54 Å². The van der Waals surface area contributed by atoms with Crippen LogP contribution in [0, 0.1) is 0 Å². The van der Waals surface area contributed by atoms with Gasteiger partial charge in [0.2, 0.25) is 5.91 Å². The van der Waals surface area contributed by atoms with Gasteiger partial charge in [-0.3, -0.25) is 4.79 Å². The fourth-order valence-corrected chi connectivity index (χ4v) is 1.71. The van der Waals surface area contributed by atoms with E-state index < -0.39 is 0 Å². The molecule has 0 bridgehead atoms. The summed E-state index contributed by atoms with van der Waals surface area (Å²) < 4.78 is 0. The zero-order valence-corrected chi connectivity index (χ0v) is 6.10. The monoisotopic (exact) mass is 154 g/mol. The number of carbonyl (C=O) groups is 1. The maximum Gasteiger partial charge on any atom is 0.249 e. The van der Waals surface area contributed by atoms with E-state index in [0.717, 1.165) is 11.7 Å². The van der Waals surface area contributed by atoms with E-state index in [2.05, 4.69) is 4.99 Å². The molecular weight excluding hydrogens is 148 g/mol. The first-order chi connectivity index (χ1) is 4.86. The molecule has 0 spiro atoms. The van der Waals surface area contributed by atoms with Crippen molar-refractivity contribution in [1.29, 1.82) is 0 Å². The molecule has 10 heavy (non-hydrogen) atoms. The van der Waals surface area contributed by atoms with E-state index in [1.54, 1.807) is 0 Å². The quantitative estimate of drug-likeness (QED) is 0.517. The van der Waals surface area contributed by atoms with Crippen LogP contribution in [0.3, 0.4) is 0 Å². The topological polar surface area (TPSA) is 32.7 Å². The number of thioether (sulfide) groups is 1. The van der Waals surface area contributed by atoms with Gasteiger partial charge in [-0.2, -0.15) is 4.99 Å². The molecule has 2 aliphatic heterocycles. The fraction of sp³-hybridized carbons (Fsp3) is 0.333. The number of aliphatic imine (C=N–C) groups is 1. The molecule has 0 aromatic carbocycles. The Labute approximate surface area is 62.8 Å². The fourth-order valence-electron chi connectivity index (χ4n) is 0.936. The molecule has 0 fully saturated rings. The molecule has 1 amide bonds. The van der Waals surface area contributed by atoms with Crippen molar-refractivity contribution in [1.82, 2.24) is 4.90 Å². The Balaban J connectivity index is 2.28. The van der Waals surface area contributed by atoms with Crippen LogP contribution >= 0.6 is 11.8 Å². The van der Waals surface area contributed by atoms with E-state index in [1.807, 2.05) is 16.5 Å². The highest BCUT2D eigenvalue weighted by molar-refractivity contribution is 8.16. The molecule has 0 aromatic heterocycles. The Morgan fingerprint density at radius 2 is 2.60 bits per heavy atom. The van der Waals surface area contributed by atoms with Crippen molar-refractivity contribution in [3.63, 3.8) is 0 Å². The molecule has 3 nitrogen and oxygen atoms in total. The number of rotatable bonds is 0. The summed E-state index contributed by atoms with van der Waals surface area (Å²) in [6.07, 6.45) is 2.50. The Morgan fingerprint density at radius 3 is 3.50 bits per heavy atom. The Hall–Kier alpha value is -0.770. The average molecular weight is 154 g/mol. The highest BCUT2D eigenvalue weighted by Crippen LogP contribution is 2.22. The smallest absolute Gasteiger partial charge is 0.249 e. The predicted molar refractivity (Wildman–Crippen MR) is 40.5 cm³/mol. The van der Waals surface area contributed by atoms with Crippen molar-refractivity contribution in [3.05, 3.63) is 11.6 Å². The summed E-state index contributed by atoms with van der Waals surface area (Å²) in [7, 11) is 0. The van der Waals surface area contributed by atoms with Crippen LogP contribution in [-0.4, -0.2) is 22.5 Å². The first kappa shape index (κ1) is 5.97. The van der Waals surface area contributed by atoms with E-state index >= 15 is 0 Å². The molecule has 0 N–H and O–H groups in total. The van der Waals surface area contributed by atoms with Gasteiger partial charge in [0.1, 0.15) is 0 Å². The van der Waals surface area contributed by atoms with Crippen molar-refractivity contribution in [2.24, 2.45) is 4.99 Å². The van der Waals surface area contributed by atoms with Crippen molar-refractivity contribution in [2.45, 2.75) is 6.42 Å². The minimum atomic E-state index is 0.00227. The van der Waals surface area contributed by atoms with Crippen LogP contribution in [0.4, 0.5) is 0 Å². The maximum absolute atomic E-state index is 10.8. The summed E-state index contributed by atoms with van der Waals surface area (Å²) in [6.45, 7) is 0.793. The highest BCUT2D eigenvalue weighted by Gasteiger charge is 2.20. The third kappa shape index (κ3) is 0.844. The van der Waals surface area contributed by atoms with E-state index in [4.69, 9.17) is 0 Å². The third-order valence-corrected chi connectivity index (χ3v) is 2.24. The van der Waals surface area contributed by atoms with Crippen LogP contribution < -0.4 is 0 Å². The second kappa shape index (κ2) is 2.12. The summed E-state index contributed by atoms with van der Waals surface area (Å²) in [5.41, 5.74) is 0. The van der Waals surface area contributed by atoms with Gasteiger partial charge in [0.05, 0.1) is 0 Å².